The van der Waals surface area contributed by atoms with Crippen LogP contribution < -0.4 is 0 Å². The summed E-state index contributed by atoms with van der Waals surface area (Å²) in [6.45, 7) is -0.440. The van der Waals surface area contributed by atoms with Gasteiger partial charge in [-0.05, 0) is 0 Å². The lowest BCUT2D eigenvalue weighted by Gasteiger charge is -2.38. The Balaban J connectivity index is 2.66. The first-order valence-corrected chi connectivity index (χ1v) is 3.95. The third-order valence-electron chi connectivity index (χ3n) is 2.08. The third kappa shape index (κ3) is 1.98. The van der Waals surface area contributed by atoms with E-state index in [0.29, 0.717) is 0 Å². The van der Waals surface area contributed by atoms with Crippen molar-refractivity contribution in [2.45, 2.75) is 30.7 Å². The van der Waals surface area contributed by atoms with Crippen molar-refractivity contribution < 1.29 is 29.9 Å². The van der Waals surface area contributed by atoms with E-state index in [1.54, 1.807) is 0 Å². The SMILES string of the molecule is CO[C@@H]1O[C@@H](CO)[C@@H](O)[C@H](O)[C@H]1O. The second-order valence-corrected chi connectivity index (χ2v) is 2.93. The first-order chi connectivity index (χ1) is 6.11. The summed E-state index contributed by atoms with van der Waals surface area (Å²) < 4.78 is 9.65. The van der Waals surface area contributed by atoms with Gasteiger partial charge in [0.1, 0.15) is 24.4 Å². The molecule has 0 amide bonds. The molecule has 1 saturated heterocycles. The van der Waals surface area contributed by atoms with E-state index < -0.39 is 37.3 Å². The zero-order valence-electron chi connectivity index (χ0n) is 7.20. The molecule has 1 heterocycles. The van der Waals surface area contributed by atoms with Gasteiger partial charge < -0.3 is 29.9 Å². The molecule has 6 nitrogen and oxygen atoms in total. The molecule has 0 spiro atoms. The van der Waals surface area contributed by atoms with Gasteiger partial charge in [0.25, 0.3) is 0 Å². The predicted octanol–water partition coefficient (Wildman–Crippen LogP) is -2.57. The maximum Gasteiger partial charge on any atom is 0.186 e. The van der Waals surface area contributed by atoms with E-state index in [9.17, 15) is 15.3 Å². The standard InChI is InChI=1S/C7H14O6/c1-12-7-6(11)5(10)4(9)3(2-8)13-7/h3-11H,2H2,1H3/t3-,4+,5-,6+,7+/m0/s1. The van der Waals surface area contributed by atoms with E-state index in [1.165, 1.54) is 7.11 Å². The monoisotopic (exact) mass is 194 g/mol. The van der Waals surface area contributed by atoms with Crippen LogP contribution in [0.5, 0.6) is 0 Å². The van der Waals surface area contributed by atoms with E-state index in [-0.39, 0.29) is 0 Å². The van der Waals surface area contributed by atoms with Crippen LogP contribution in [0.2, 0.25) is 0 Å². The number of aliphatic hydroxyl groups excluding tert-OH is 4. The molecule has 0 aromatic heterocycles. The van der Waals surface area contributed by atoms with E-state index in [0.717, 1.165) is 0 Å². The van der Waals surface area contributed by atoms with Crippen LogP contribution in [0.25, 0.3) is 0 Å². The van der Waals surface area contributed by atoms with Crippen molar-refractivity contribution in [3.8, 4) is 0 Å². The molecule has 1 rings (SSSR count). The summed E-state index contributed by atoms with van der Waals surface area (Å²) in [5.74, 6) is 0. The fourth-order valence-corrected chi connectivity index (χ4v) is 1.26. The van der Waals surface area contributed by atoms with E-state index >= 15 is 0 Å². The Hall–Kier alpha value is -0.240. The van der Waals surface area contributed by atoms with Gasteiger partial charge in [-0.15, -0.1) is 0 Å². The zero-order chi connectivity index (χ0) is 10.0. The highest BCUT2D eigenvalue weighted by atomic mass is 16.7. The fourth-order valence-electron chi connectivity index (χ4n) is 1.26. The second kappa shape index (κ2) is 4.32. The molecule has 1 aliphatic rings. The molecule has 0 radical (unpaired) electrons. The second-order valence-electron chi connectivity index (χ2n) is 2.93. The highest BCUT2D eigenvalue weighted by molar-refractivity contribution is 4.88. The Morgan fingerprint density at radius 2 is 1.77 bits per heavy atom. The van der Waals surface area contributed by atoms with Gasteiger partial charge in [-0.3, -0.25) is 0 Å². The van der Waals surface area contributed by atoms with Crippen molar-refractivity contribution in [2.75, 3.05) is 13.7 Å². The minimum absolute atomic E-state index is 0.440. The van der Waals surface area contributed by atoms with Gasteiger partial charge in [0.05, 0.1) is 6.61 Å². The summed E-state index contributed by atoms with van der Waals surface area (Å²) in [5.41, 5.74) is 0. The van der Waals surface area contributed by atoms with Crippen molar-refractivity contribution >= 4 is 0 Å². The van der Waals surface area contributed by atoms with Crippen LogP contribution in [0.15, 0.2) is 0 Å². The summed E-state index contributed by atoms with van der Waals surface area (Å²) in [7, 11) is 1.30. The van der Waals surface area contributed by atoms with Crippen molar-refractivity contribution in [3.05, 3.63) is 0 Å². The van der Waals surface area contributed by atoms with Crippen LogP contribution in [0, 0.1) is 0 Å². The smallest absolute Gasteiger partial charge is 0.186 e. The maximum atomic E-state index is 9.28. The lowest BCUT2D eigenvalue weighted by Crippen LogP contribution is -2.58. The van der Waals surface area contributed by atoms with Gasteiger partial charge in [0.15, 0.2) is 6.29 Å². The molecule has 4 N–H and O–H groups in total. The first kappa shape index (κ1) is 10.8. The summed E-state index contributed by atoms with van der Waals surface area (Å²) in [6, 6.07) is 0. The molecule has 0 saturated carbocycles. The van der Waals surface area contributed by atoms with Crippen molar-refractivity contribution in [1.29, 1.82) is 0 Å². The summed E-state index contributed by atoms with van der Waals surface area (Å²) in [5, 5.41) is 36.6. The minimum atomic E-state index is -1.36. The number of aliphatic hydroxyl groups is 4. The molecular formula is C7H14O6. The van der Waals surface area contributed by atoms with Gasteiger partial charge >= 0.3 is 0 Å². The Morgan fingerprint density at radius 3 is 2.23 bits per heavy atom. The Labute approximate surface area is 75.3 Å². The number of hydrogen-bond donors (Lipinski definition) is 4. The topological polar surface area (TPSA) is 99.4 Å². The zero-order valence-corrected chi connectivity index (χ0v) is 7.20. The molecule has 6 heteroatoms. The molecule has 5 atom stereocenters. The number of hydrogen-bond acceptors (Lipinski definition) is 6. The number of ether oxygens (including phenoxy) is 2. The maximum absolute atomic E-state index is 9.28. The lowest BCUT2D eigenvalue weighted by molar-refractivity contribution is -0.294. The van der Waals surface area contributed by atoms with E-state index in [2.05, 4.69) is 0 Å². The fraction of sp³-hybridized carbons (Fsp3) is 1.00. The third-order valence-corrected chi connectivity index (χ3v) is 2.08. The normalized spacial score (nSPS) is 46.4. The number of methoxy groups -OCH3 is 1. The van der Waals surface area contributed by atoms with Crippen LogP contribution in [-0.2, 0) is 9.47 Å². The van der Waals surface area contributed by atoms with Crippen LogP contribution >= 0.6 is 0 Å². The van der Waals surface area contributed by atoms with Gasteiger partial charge in [-0.25, -0.2) is 0 Å². The minimum Gasteiger partial charge on any atom is -0.394 e. The summed E-state index contributed by atoms with van der Waals surface area (Å²) in [6.07, 6.45) is -5.91. The Kier molecular flexibility index (Phi) is 3.60. The molecule has 0 aliphatic carbocycles. The summed E-state index contributed by atoms with van der Waals surface area (Å²) in [4.78, 5) is 0. The lowest BCUT2D eigenvalue weighted by atomic mass is 9.99. The van der Waals surface area contributed by atoms with Gasteiger partial charge in [0.2, 0.25) is 0 Å². The molecule has 0 unspecified atom stereocenters. The quantitative estimate of drug-likeness (QED) is 0.386. The van der Waals surface area contributed by atoms with Crippen LogP contribution in [0.4, 0.5) is 0 Å². The van der Waals surface area contributed by atoms with Crippen molar-refractivity contribution in [2.24, 2.45) is 0 Å². The largest absolute Gasteiger partial charge is 0.394 e. The molecule has 13 heavy (non-hydrogen) atoms. The summed E-state index contributed by atoms with van der Waals surface area (Å²) >= 11 is 0. The van der Waals surface area contributed by atoms with Gasteiger partial charge in [0, 0.05) is 7.11 Å². The van der Waals surface area contributed by atoms with Gasteiger partial charge in [-0.1, -0.05) is 0 Å². The van der Waals surface area contributed by atoms with E-state index in [4.69, 9.17) is 14.6 Å². The predicted molar refractivity (Wildman–Crippen MR) is 40.8 cm³/mol. The highest BCUT2D eigenvalue weighted by Gasteiger charge is 2.43. The Bertz CT molecular complexity index is 143. The van der Waals surface area contributed by atoms with Crippen LogP contribution in [-0.4, -0.2) is 64.8 Å². The van der Waals surface area contributed by atoms with E-state index in [1.807, 2.05) is 0 Å². The number of rotatable bonds is 2. The average molecular weight is 194 g/mol. The van der Waals surface area contributed by atoms with Crippen molar-refractivity contribution in [1.82, 2.24) is 0 Å². The van der Waals surface area contributed by atoms with Crippen molar-refractivity contribution in [3.63, 3.8) is 0 Å². The van der Waals surface area contributed by atoms with Crippen LogP contribution in [0.3, 0.4) is 0 Å². The molecule has 0 bridgehead atoms. The molecule has 78 valence electrons. The Morgan fingerprint density at radius 1 is 1.15 bits per heavy atom. The molecular weight excluding hydrogens is 180 g/mol. The average Bonchev–Trinajstić information content (AvgIpc) is 2.15. The molecule has 0 aromatic carbocycles. The molecule has 0 aromatic rings. The highest BCUT2D eigenvalue weighted by Crippen LogP contribution is 2.20. The molecule has 1 fully saturated rings. The van der Waals surface area contributed by atoms with Gasteiger partial charge in [-0.2, -0.15) is 0 Å². The molecule has 1 aliphatic heterocycles. The van der Waals surface area contributed by atoms with Crippen LogP contribution in [0.1, 0.15) is 0 Å². The first-order valence-electron chi connectivity index (χ1n) is 3.95.